The summed E-state index contributed by atoms with van der Waals surface area (Å²) in [7, 11) is 0. The second-order valence-electron chi connectivity index (χ2n) is 6.75. The number of nitriles is 1. The van der Waals surface area contributed by atoms with Crippen LogP contribution in [0.3, 0.4) is 0 Å². The largest absolute Gasteiger partial charge is 0.417 e. The predicted molar refractivity (Wildman–Crippen MR) is 75.7 cm³/mol. The zero-order valence-electron chi connectivity index (χ0n) is 12.6. The molecule has 0 saturated heterocycles. The Bertz CT molecular complexity index is 581. The Kier molecular flexibility index (Phi) is 3.48. The molecule has 1 aliphatic carbocycles. The summed E-state index contributed by atoms with van der Waals surface area (Å²) in [6, 6.07) is 5.23. The molecule has 0 aliphatic heterocycles. The number of rotatable bonds is 3. The van der Waals surface area contributed by atoms with Gasteiger partial charge in [0.2, 0.25) is 0 Å². The summed E-state index contributed by atoms with van der Waals surface area (Å²) in [6.07, 6.45) is -4.50. The van der Waals surface area contributed by atoms with Gasteiger partial charge >= 0.3 is 6.18 Å². The van der Waals surface area contributed by atoms with Gasteiger partial charge < -0.3 is 5.32 Å². The molecule has 114 valence electrons. The molecule has 0 amide bonds. The van der Waals surface area contributed by atoms with E-state index < -0.39 is 11.7 Å². The molecule has 1 N–H and O–H groups in total. The van der Waals surface area contributed by atoms with Gasteiger partial charge in [-0.1, -0.05) is 27.7 Å². The molecule has 1 aromatic carbocycles. The van der Waals surface area contributed by atoms with Crippen LogP contribution in [0.4, 0.5) is 18.9 Å². The van der Waals surface area contributed by atoms with Crippen LogP contribution in [0, 0.1) is 28.1 Å². The molecule has 0 atom stereocenters. The maximum absolute atomic E-state index is 12.7. The quantitative estimate of drug-likeness (QED) is 0.879. The normalized spacial score (nSPS) is 19.9. The molecule has 0 unspecified atom stereocenters. The maximum Gasteiger partial charge on any atom is 0.417 e. The van der Waals surface area contributed by atoms with Crippen molar-refractivity contribution in [3.05, 3.63) is 29.3 Å². The van der Waals surface area contributed by atoms with Crippen molar-refractivity contribution < 1.29 is 13.2 Å². The van der Waals surface area contributed by atoms with Gasteiger partial charge in [0.1, 0.15) is 0 Å². The SMILES string of the molecule is CC1(C)C(CNc2ccc(C(F)(F)F)c(C#N)c2)C1(C)C. The third kappa shape index (κ3) is 2.59. The Hall–Kier alpha value is -1.70. The summed E-state index contributed by atoms with van der Waals surface area (Å²) in [5, 5.41) is 12.0. The molecule has 1 aliphatic rings. The molecule has 0 spiro atoms. The number of halogens is 3. The van der Waals surface area contributed by atoms with E-state index in [1.807, 2.05) is 0 Å². The fourth-order valence-electron chi connectivity index (χ4n) is 3.06. The number of hydrogen-bond donors (Lipinski definition) is 1. The second-order valence-corrected chi connectivity index (χ2v) is 6.75. The molecular weight excluding hydrogens is 277 g/mol. The number of hydrogen-bond acceptors (Lipinski definition) is 2. The Morgan fingerprint density at radius 3 is 2.19 bits per heavy atom. The predicted octanol–water partition coefficient (Wildman–Crippen LogP) is 4.67. The van der Waals surface area contributed by atoms with E-state index in [0.717, 1.165) is 6.07 Å². The zero-order chi connectivity index (χ0) is 16.1. The highest BCUT2D eigenvalue weighted by Crippen LogP contribution is 2.68. The topological polar surface area (TPSA) is 35.8 Å². The minimum atomic E-state index is -4.50. The van der Waals surface area contributed by atoms with E-state index in [9.17, 15) is 13.2 Å². The van der Waals surface area contributed by atoms with Crippen molar-refractivity contribution in [2.24, 2.45) is 16.7 Å². The molecule has 0 bridgehead atoms. The summed E-state index contributed by atoms with van der Waals surface area (Å²) in [4.78, 5) is 0. The third-order valence-corrected chi connectivity index (χ3v) is 5.28. The lowest BCUT2D eigenvalue weighted by atomic mass is 10.0. The lowest BCUT2D eigenvalue weighted by molar-refractivity contribution is -0.137. The average molecular weight is 296 g/mol. The van der Waals surface area contributed by atoms with Gasteiger partial charge in [-0.2, -0.15) is 18.4 Å². The van der Waals surface area contributed by atoms with Crippen molar-refractivity contribution >= 4 is 5.69 Å². The Balaban J connectivity index is 2.12. The fraction of sp³-hybridized carbons (Fsp3) is 0.562. The molecule has 0 aromatic heterocycles. The average Bonchev–Trinajstić information content (AvgIpc) is 2.75. The van der Waals surface area contributed by atoms with Crippen LogP contribution in [0.1, 0.15) is 38.8 Å². The second kappa shape index (κ2) is 4.66. The number of nitrogens with one attached hydrogen (secondary N) is 1. The van der Waals surface area contributed by atoms with E-state index in [2.05, 4.69) is 33.0 Å². The molecule has 1 saturated carbocycles. The first-order valence-electron chi connectivity index (χ1n) is 6.87. The Morgan fingerprint density at radius 2 is 1.76 bits per heavy atom. The van der Waals surface area contributed by atoms with Crippen LogP contribution in [-0.2, 0) is 6.18 Å². The number of benzene rings is 1. The number of anilines is 1. The Morgan fingerprint density at radius 1 is 1.19 bits per heavy atom. The smallest absolute Gasteiger partial charge is 0.385 e. The van der Waals surface area contributed by atoms with E-state index >= 15 is 0 Å². The van der Waals surface area contributed by atoms with Crippen LogP contribution >= 0.6 is 0 Å². The first-order chi connectivity index (χ1) is 9.51. The van der Waals surface area contributed by atoms with E-state index in [4.69, 9.17) is 5.26 Å². The van der Waals surface area contributed by atoms with E-state index in [1.165, 1.54) is 12.1 Å². The molecule has 2 rings (SSSR count). The summed E-state index contributed by atoms with van der Waals surface area (Å²) in [5.74, 6) is 0.456. The van der Waals surface area contributed by atoms with Gasteiger partial charge in [0.05, 0.1) is 17.2 Å². The van der Waals surface area contributed by atoms with Crippen LogP contribution in [0.2, 0.25) is 0 Å². The third-order valence-electron chi connectivity index (χ3n) is 5.28. The van der Waals surface area contributed by atoms with Crippen LogP contribution in [-0.4, -0.2) is 6.54 Å². The van der Waals surface area contributed by atoms with Gasteiger partial charge in [0.25, 0.3) is 0 Å². The van der Waals surface area contributed by atoms with Crippen molar-refractivity contribution in [1.82, 2.24) is 0 Å². The first-order valence-corrected chi connectivity index (χ1v) is 6.87. The van der Waals surface area contributed by atoms with Crippen molar-refractivity contribution in [1.29, 1.82) is 5.26 Å². The molecule has 1 fully saturated rings. The highest BCUT2D eigenvalue weighted by atomic mass is 19.4. The van der Waals surface area contributed by atoms with E-state index in [1.54, 1.807) is 6.07 Å². The molecular formula is C16H19F3N2. The molecule has 2 nitrogen and oxygen atoms in total. The van der Waals surface area contributed by atoms with Crippen molar-refractivity contribution in [3.8, 4) is 6.07 Å². The molecule has 5 heteroatoms. The van der Waals surface area contributed by atoms with E-state index in [0.29, 0.717) is 18.2 Å². The lowest BCUT2D eigenvalue weighted by Gasteiger charge is -2.12. The van der Waals surface area contributed by atoms with Crippen molar-refractivity contribution in [3.63, 3.8) is 0 Å². The van der Waals surface area contributed by atoms with Gasteiger partial charge in [0, 0.05) is 12.2 Å². The van der Waals surface area contributed by atoms with Gasteiger partial charge in [-0.3, -0.25) is 0 Å². The van der Waals surface area contributed by atoms with Crippen molar-refractivity contribution in [2.75, 3.05) is 11.9 Å². The van der Waals surface area contributed by atoms with Crippen LogP contribution in [0.25, 0.3) is 0 Å². The number of alkyl halides is 3. The van der Waals surface area contributed by atoms with E-state index in [-0.39, 0.29) is 16.4 Å². The highest BCUT2D eigenvalue weighted by molar-refractivity contribution is 5.53. The highest BCUT2D eigenvalue weighted by Gasteiger charge is 2.64. The standard InChI is InChI=1S/C16H19F3N2/c1-14(2)13(15(14,3)4)9-21-11-5-6-12(16(17,18)19)10(7-11)8-20/h5-7,13,21H,9H2,1-4H3. The van der Waals surface area contributed by atoms with Gasteiger partial charge in [-0.05, 0) is 34.9 Å². The Labute approximate surface area is 123 Å². The minimum absolute atomic E-state index is 0.212. The monoisotopic (exact) mass is 296 g/mol. The van der Waals surface area contributed by atoms with Crippen molar-refractivity contribution in [2.45, 2.75) is 33.9 Å². The summed E-state index contributed by atoms with van der Waals surface area (Å²) in [6.45, 7) is 9.44. The van der Waals surface area contributed by atoms with Gasteiger partial charge in [0.15, 0.2) is 0 Å². The lowest BCUT2D eigenvalue weighted by Crippen LogP contribution is -2.11. The molecule has 0 radical (unpaired) electrons. The molecule has 1 aromatic rings. The molecule has 0 heterocycles. The van der Waals surface area contributed by atoms with Gasteiger partial charge in [-0.15, -0.1) is 0 Å². The summed E-state index contributed by atoms with van der Waals surface area (Å²) < 4.78 is 38.2. The summed E-state index contributed by atoms with van der Waals surface area (Å²) >= 11 is 0. The van der Waals surface area contributed by atoms with Crippen LogP contribution in [0.5, 0.6) is 0 Å². The fourth-order valence-corrected chi connectivity index (χ4v) is 3.06. The maximum atomic E-state index is 12.7. The molecule has 21 heavy (non-hydrogen) atoms. The van der Waals surface area contributed by atoms with Crippen LogP contribution < -0.4 is 5.32 Å². The number of nitrogens with zero attached hydrogens (tertiary/aromatic N) is 1. The first kappa shape index (κ1) is 15.7. The van der Waals surface area contributed by atoms with Crippen LogP contribution in [0.15, 0.2) is 18.2 Å². The zero-order valence-corrected chi connectivity index (χ0v) is 12.6. The summed E-state index contributed by atoms with van der Waals surface area (Å²) in [5.41, 5.74) is -0.254. The minimum Gasteiger partial charge on any atom is -0.385 e. The van der Waals surface area contributed by atoms with Gasteiger partial charge in [-0.25, -0.2) is 0 Å².